The fourth-order valence-electron chi connectivity index (χ4n) is 1.03. The molecule has 0 spiro atoms. The molecule has 0 fully saturated rings. The second-order valence-electron chi connectivity index (χ2n) is 3.56. The minimum Gasteiger partial charge on any atom is -0.255 e. The van der Waals surface area contributed by atoms with E-state index in [9.17, 15) is 0 Å². The maximum absolute atomic E-state index is 8.58. The average molecular weight is 616 g/mol. The molecule has 0 saturated heterocycles. The van der Waals surface area contributed by atoms with Gasteiger partial charge in [0, 0.05) is 12.4 Å². The molecule has 0 saturated carbocycles. The van der Waals surface area contributed by atoms with Gasteiger partial charge in [-0.2, -0.15) is 0 Å². The number of aromatic nitrogens is 2. The fourth-order valence-corrected chi connectivity index (χ4v) is 1.03. The van der Waals surface area contributed by atoms with Gasteiger partial charge in [-0.15, -0.1) is 0 Å². The molecule has 1 radical (unpaired) electrons. The molecule has 2 aromatic heterocycles. The second kappa shape index (κ2) is 17.7. The van der Waals surface area contributed by atoms with Gasteiger partial charge in [0.15, 0.2) is 0 Å². The van der Waals surface area contributed by atoms with E-state index in [2.05, 4.69) is 9.97 Å². The molecule has 2 heterocycles. The number of hydrogen-bond donors (Lipinski definition) is 0. The fraction of sp³-hybridized carbons (Fsp3) is 0. The van der Waals surface area contributed by atoms with Crippen LogP contribution in [0.1, 0.15) is 0 Å². The molecule has 0 amide bonds. The van der Waals surface area contributed by atoms with Gasteiger partial charge in [-0.3, -0.25) is 9.97 Å². The monoisotopic (exact) mass is 615 g/mol. The second-order valence-corrected chi connectivity index (χ2v) is 7.11. The summed E-state index contributed by atoms with van der Waals surface area (Å²) in [5, 5.41) is 0. The molecule has 0 aliphatic heterocycles. The van der Waals surface area contributed by atoms with E-state index in [1.54, 1.807) is 12.4 Å². The van der Waals surface area contributed by atoms with Gasteiger partial charge < -0.3 is 0 Å². The normalized spacial score (nSPS) is 9.90. The third-order valence-corrected chi connectivity index (χ3v) is 1.59. The summed E-state index contributed by atoms with van der Waals surface area (Å²) in [5.41, 5.74) is 1.83. The number of rotatable bonds is 1. The standard InChI is InChI=1S/C10H8N2.Cu.K.3Mn.12O/c1-3-7-11-9(5-1)10-6-2-4-8-12-10;;;;;;;;;;;;;;;;;/h1-8H;;;;;;;;;;;;;;;;;/q;+2;+1;;;;;;;;;;;;;3*-1. The molecular weight excluding hydrogens is 608 g/mol. The largest absolute Gasteiger partial charge is 0.255 e. The first-order valence-electron chi connectivity index (χ1n) is 5.64. The Balaban J connectivity index is -0.000000158. The van der Waals surface area contributed by atoms with Crippen molar-refractivity contribution in [2.24, 2.45) is 0 Å². The summed E-state index contributed by atoms with van der Waals surface area (Å²) in [7, 11) is 0. The van der Waals surface area contributed by atoms with E-state index in [1.165, 1.54) is 0 Å². The maximum Gasteiger partial charge on any atom is 0.0886 e. The third-order valence-electron chi connectivity index (χ3n) is 1.59. The van der Waals surface area contributed by atoms with Crippen LogP contribution in [0.3, 0.4) is 0 Å². The number of pyridine rings is 2. The minimum atomic E-state index is -5.62. The topological polar surface area (TPSA) is 249 Å². The van der Waals surface area contributed by atoms with Gasteiger partial charge in [0.05, 0.1) is 11.4 Å². The van der Waals surface area contributed by atoms with Crippen LogP contribution in [0.25, 0.3) is 11.4 Å². The van der Waals surface area contributed by atoms with Crippen molar-refractivity contribution in [3.8, 4) is 11.4 Å². The van der Waals surface area contributed by atoms with Crippen molar-refractivity contribution in [2.75, 3.05) is 0 Å². The van der Waals surface area contributed by atoms with Crippen molar-refractivity contribution in [2.45, 2.75) is 0 Å². The Hall–Kier alpha value is 0.0943. The molecule has 0 bridgehead atoms. The Bertz CT molecular complexity index is 1010. The average Bonchev–Trinajstić information content (AvgIpc) is 2.44. The first kappa shape index (κ1) is 36.5. The van der Waals surface area contributed by atoms with Crippen LogP contribution in [0.2, 0.25) is 0 Å². The zero-order valence-electron chi connectivity index (χ0n) is 13.8. The predicted octanol–water partition coefficient (Wildman–Crippen LogP) is -5.50. The quantitative estimate of drug-likeness (QED) is 0.272. The van der Waals surface area contributed by atoms with E-state index in [0.717, 1.165) is 11.4 Å². The molecule has 14 nitrogen and oxygen atoms in total. The van der Waals surface area contributed by atoms with Gasteiger partial charge in [-0.1, -0.05) is 12.1 Å². The van der Waals surface area contributed by atoms with E-state index in [4.69, 9.17) is 47.1 Å². The van der Waals surface area contributed by atoms with E-state index >= 15 is 0 Å². The van der Waals surface area contributed by atoms with Crippen LogP contribution in [0.5, 0.6) is 0 Å². The van der Waals surface area contributed by atoms with E-state index < -0.39 is 38.9 Å². The minimum absolute atomic E-state index is 0. The molecule has 2 rings (SSSR count). The van der Waals surface area contributed by atoms with Crippen molar-refractivity contribution in [3.63, 3.8) is 0 Å². The summed E-state index contributed by atoms with van der Waals surface area (Å²) in [4.78, 5) is 8.37. The van der Waals surface area contributed by atoms with Crippen LogP contribution in [0.15, 0.2) is 48.8 Å². The molecule has 0 aliphatic carbocycles. The van der Waals surface area contributed by atoms with Gasteiger partial charge in [0.1, 0.15) is 0 Å². The van der Waals surface area contributed by atoms with Crippen LogP contribution in [-0.2, 0) is 90.5 Å². The Kier molecular flexibility index (Phi) is 22.3. The molecule has 0 N–H and O–H groups in total. The molecular formula is C10H8CuKMn3N2O12. The Labute approximate surface area is 221 Å². The predicted molar refractivity (Wildman–Crippen MR) is 53.6 cm³/mol. The molecule has 0 aromatic carbocycles. The Morgan fingerprint density at radius 2 is 0.759 bits per heavy atom. The SMILES string of the molecule is [Cu+2].[K+].[O]=[Mn](=[O])(=[O])[O-].[O]=[Mn](=[O])(=[O])[O-].[O]=[Mn](=[O])(=[O])[O-].c1ccc(-c2ccccn2)nc1. The molecule has 163 valence electrons. The van der Waals surface area contributed by atoms with Crippen molar-refractivity contribution in [1.82, 2.24) is 9.97 Å². The smallest absolute Gasteiger partial charge is 0.0886 e. The van der Waals surface area contributed by atoms with Crippen molar-refractivity contribution in [1.29, 1.82) is 0 Å². The summed E-state index contributed by atoms with van der Waals surface area (Å²) in [6, 6.07) is 11.6. The molecule has 0 atom stereocenters. The van der Waals surface area contributed by atoms with Crippen LogP contribution < -0.4 is 64.0 Å². The van der Waals surface area contributed by atoms with Crippen LogP contribution in [0.4, 0.5) is 0 Å². The first-order valence-corrected chi connectivity index (χ1v) is 11.4. The third kappa shape index (κ3) is 47.4. The maximum atomic E-state index is 8.58. The van der Waals surface area contributed by atoms with Crippen molar-refractivity contribution < 1.29 is 154 Å². The summed E-state index contributed by atoms with van der Waals surface area (Å²) in [5.74, 6) is 0. The zero-order valence-corrected chi connectivity index (χ0v) is 21.5. The van der Waals surface area contributed by atoms with Crippen LogP contribution in [-0.4, -0.2) is 9.97 Å². The summed E-state index contributed by atoms with van der Waals surface area (Å²) in [6.45, 7) is 0. The van der Waals surface area contributed by atoms with Crippen molar-refractivity contribution >= 4 is 0 Å². The van der Waals surface area contributed by atoms with Gasteiger partial charge >= 0.3 is 154 Å². The zero-order chi connectivity index (χ0) is 21.7. The van der Waals surface area contributed by atoms with E-state index in [-0.39, 0.29) is 68.5 Å². The molecule has 0 aliphatic rings. The van der Waals surface area contributed by atoms with Gasteiger partial charge in [0.25, 0.3) is 0 Å². The van der Waals surface area contributed by atoms with Gasteiger partial charge in [-0.25, -0.2) is 0 Å². The number of nitrogens with zero attached hydrogens (tertiary/aromatic N) is 2. The number of hydrogen-bond acceptors (Lipinski definition) is 14. The van der Waals surface area contributed by atoms with E-state index in [1.807, 2.05) is 36.4 Å². The van der Waals surface area contributed by atoms with Crippen LogP contribution >= 0.6 is 0 Å². The van der Waals surface area contributed by atoms with Gasteiger partial charge in [-0.05, 0) is 24.3 Å². The van der Waals surface area contributed by atoms with Gasteiger partial charge in [0.2, 0.25) is 0 Å². The molecule has 19 heteroatoms. The summed E-state index contributed by atoms with van der Waals surface area (Å²) in [6.07, 6.45) is 3.54. The van der Waals surface area contributed by atoms with Crippen molar-refractivity contribution in [3.05, 3.63) is 48.8 Å². The first-order chi connectivity index (χ1) is 12.0. The Morgan fingerprint density at radius 1 is 0.552 bits per heavy atom. The Morgan fingerprint density at radius 3 is 0.897 bits per heavy atom. The van der Waals surface area contributed by atoms with Crippen LogP contribution in [0, 0.1) is 0 Å². The molecule has 0 unspecified atom stereocenters. The molecule has 2 aromatic rings. The van der Waals surface area contributed by atoms with E-state index in [0.29, 0.717) is 0 Å². The summed E-state index contributed by atoms with van der Waals surface area (Å²) >= 11 is -16.9. The summed E-state index contributed by atoms with van der Waals surface area (Å²) < 4.78 is 103. The molecule has 29 heavy (non-hydrogen) atoms.